The topological polar surface area (TPSA) is 79.8 Å². The molecule has 0 bridgehead atoms. The molecule has 3 aliphatic rings. The van der Waals surface area contributed by atoms with Crippen LogP contribution < -0.4 is 9.64 Å². The summed E-state index contributed by atoms with van der Waals surface area (Å²) < 4.78 is 17.4. The summed E-state index contributed by atoms with van der Waals surface area (Å²) in [4.78, 5) is 10.5. The second kappa shape index (κ2) is 8.23. The molecule has 1 aromatic carbocycles. The van der Waals surface area contributed by atoms with Crippen molar-refractivity contribution in [3.05, 3.63) is 41.4 Å². The second-order valence-corrected chi connectivity index (χ2v) is 9.21. The van der Waals surface area contributed by atoms with Crippen molar-refractivity contribution in [2.75, 3.05) is 31.2 Å². The lowest BCUT2D eigenvalue weighted by Crippen LogP contribution is -2.34. The zero-order valence-corrected chi connectivity index (χ0v) is 18.4. The van der Waals surface area contributed by atoms with Crippen molar-refractivity contribution in [2.24, 2.45) is 0 Å². The number of rotatable bonds is 4. The van der Waals surface area contributed by atoms with Crippen LogP contribution in [0.4, 0.5) is 5.69 Å². The average Bonchev–Trinajstić information content (AvgIpc) is 3.51. The highest BCUT2D eigenvalue weighted by Gasteiger charge is 2.48. The third-order valence-electron chi connectivity index (χ3n) is 6.65. The van der Waals surface area contributed by atoms with E-state index in [0.29, 0.717) is 17.5 Å². The maximum atomic E-state index is 9.92. The number of aromatic amines is 1. The van der Waals surface area contributed by atoms with E-state index in [1.807, 2.05) is 12.1 Å². The maximum Gasteiger partial charge on any atom is 0.193 e. The smallest absolute Gasteiger partial charge is 0.193 e. The van der Waals surface area contributed by atoms with E-state index in [0.717, 1.165) is 35.4 Å². The molecular formula is C24H26ClN3O4. The molecule has 0 aliphatic carbocycles. The van der Waals surface area contributed by atoms with Gasteiger partial charge in [-0.3, -0.25) is 0 Å². The van der Waals surface area contributed by atoms with Crippen LogP contribution in [-0.4, -0.2) is 65.8 Å². The highest BCUT2D eigenvalue weighted by atomic mass is 35.5. The lowest BCUT2D eigenvalue weighted by atomic mass is 10.1. The van der Waals surface area contributed by atoms with Gasteiger partial charge in [0.2, 0.25) is 0 Å². The van der Waals surface area contributed by atoms with E-state index < -0.39 is 6.10 Å². The number of fused-ring (bicyclic) bond motifs is 2. The molecule has 0 amide bonds. The molecule has 0 spiro atoms. The van der Waals surface area contributed by atoms with Gasteiger partial charge in [0, 0.05) is 30.4 Å². The maximum absolute atomic E-state index is 9.92. The second-order valence-electron chi connectivity index (χ2n) is 8.80. The average molecular weight is 456 g/mol. The Balaban J connectivity index is 1.23. The Hall–Kier alpha value is -2.32. The van der Waals surface area contributed by atoms with E-state index in [4.69, 9.17) is 30.8 Å². The Morgan fingerprint density at radius 3 is 2.62 bits per heavy atom. The highest BCUT2D eigenvalue weighted by molar-refractivity contribution is 6.33. The number of pyridine rings is 1. The summed E-state index contributed by atoms with van der Waals surface area (Å²) >= 11 is 6.59. The highest BCUT2D eigenvalue weighted by Crippen LogP contribution is 2.34. The zero-order chi connectivity index (χ0) is 21.7. The summed E-state index contributed by atoms with van der Waals surface area (Å²) in [5.41, 5.74) is 4.58. The first-order valence-corrected chi connectivity index (χ1v) is 11.7. The number of nitrogens with one attached hydrogen (secondary N) is 1. The third-order valence-corrected chi connectivity index (χ3v) is 6.94. The number of aliphatic hydroxyl groups excluding tert-OH is 1. The molecule has 4 atom stereocenters. The molecule has 3 aliphatic heterocycles. The lowest BCUT2D eigenvalue weighted by Gasteiger charge is -2.28. The first kappa shape index (κ1) is 20.3. The molecule has 0 unspecified atom stereocenters. The molecule has 8 heteroatoms. The Morgan fingerprint density at radius 1 is 1.03 bits per heavy atom. The minimum absolute atomic E-state index is 0.262. The molecule has 3 aromatic rings. The monoisotopic (exact) mass is 455 g/mol. The van der Waals surface area contributed by atoms with Crippen molar-refractivity contribution in [1.82, 2.24) is 9.97 Å². The van der Waals surface area contributed by atoms with Gasteiger partial charge in [0.05, 0.1) is 35.0 Å². The number of piperidine rings is 1. The van der Waals surface area contributed by atoms with Crippen molar-refractivity contribution in [1.29, 1.82) is 0 Å². The molecule has 7 nitrogen and oxygen atoms in total. The van der Waals surface area contributed by atoms with E-state index in [2.05, 4.69) is 34.1 Å². The molecule has 0 radical (unpaired) electrons. The Kier molecular flexibility index (Phi) is 5.22. The van der Waals surface area contributed by atoms with Gasteiger partial charge in [-0.15, -0.1) is 0 Å². The molecule has 3 fully saturated rings. The van der Waals surface area contributed by atoms with Crippen LogP contribution in [0.3, 0.4) is 0 Å². The zero-order valence-electron chi connectivity index (χ0n) is 17.7. The standard InChI is InChI=1S/C24H26ClN3O4/c25-16-10-17-18(11-21(26-17)32-20-13-31-23-19(29)12-30-24(20)23)27-22(16)14-4-6-15(7-5-14)28-8-2-1-3-9-28/h4-7,10-11,19-20,23-24,26,29H,1-3,8-9,12-13H2/t19-,20-,23-,24-/m1/s1. The van der Waals surface area contributed by atoms with Gasteiger partial charge < -0.3 is 29.2 Å². The minimum Gasteiger partial charge on any atom is -0.470 e. The number of hydrogen-bond donors (Lipinski definition) is 2. The van der Waals surface area contributed by atoms with Crippen LogP contribution in [0.1, 0.15) is 19.3 Å². The molecule has 5 heterocycles. The van der Waals surface area contributed by atoms with Crippen LogP contribution in [0.2, 0.25) is 5.02 Å². The molecule has 2 aromatic heterocycles. The SMILES string of the molecule is O[C@@H]1CO[C@H]2[C@@H]1OC[C@H]2Oc1cc2nc(-c3ccc(N4CCCCC4)cc3)c(Cl)cc2[nH]1. The number of aromatic nitrogens is 2. The molecular weight excluding hydrogens is 430 g/mol. The molecule has 0 saturated carbocycles. The van der Waals surface area contributed by atoms with Gasteiger partial charge in [0.25, 0.3) is 0 Å². The van der Waals surface area contributed by atoms with Crippen molar-refractivity contribution in [3.8, 4) is 17.1 Å². The number of ether oxygens (including phenoxy) is 3. The Labute approximate surface area is 191 Å². The first-order chi connectivity index (χ1) is 15.7. The number of aliphatic hydroxyl groups is 1. The number of benzene rings is 1. The molecule has 3 saturated heterocycles. The molecule has 6 rings (SSSR count). The summed E-state index contributed by atoms with van der Waals surface area (Å²) in [7, 11) is 0. The van der Waals surface area contributed by atoms with Crippen LogP contribution >= 0.6 is 11.6 Å². The number of halogens is 1. The quantitative estimate of drug-likeness (QED) is 0.623. The van der Waals surface area contributed by atoms with Gasteiger partial charge in [-0.2, -0.15) is 0 Å². The van der Waals surface area contributed by atoms with Gasteiger partial charge >= 0.3 is 0 Å². The van der Waals surface area contributed by atoms with Gasteiger partial charge in [-0.05, 0) is 37.5 Å². The number of nitrogens with zero attached hydrogens (tertiary/aromatic N) is 2. The summed E-state index contributed by atoms with van der Waals surface area (Å²) in [6.45, 7) is 2.89. The largest absolute Gasteiger partial charge is 0.470 e. The van der Waals surface area contributed by atoms with E-state index in [-0.39, 0.29) is 24.9 Å². The summed E-state index contributed by atoms with van der Waals surface area (Å²) in [5, 5.41) is 10.5. The van der Waals surface area contributed by atoms with E-state index in [1.54, 1.807) is 0 Å². The fourth-order valence-electron chi connectivity index (χ4n) is 4.96. The summed E-state index contributed by atoms with van der Waals surface area (Å²) in [6.07, 6.45) is 2.37. The molecule has 2 N–H and O–H groups in total. The number of hydrogen-bond acceptors (Lipinski definition) is 6. The summed E-state index contributed by atoms with van der Waals surface area (Å²) in [6, 6.07) is 12.2. The Bertz CT molecular complexity index is 1110. The van der Waals surface area contributed by atoms with Gasteiger partial charge in [-0.1, -0.05) is 23.7 Å². The third kappa shape index (κ3) is 3.63. The van der Waals surface area contributed by atoms with Crippen molar-refractivity contribution in [3.63, 3.8) is 0 Å². The van der Waals surface area contributed by atoms with Gasteiger partial charge in [0.15, 0.2) is 12.0 Å². The lowest BCUT2D eigenvalue weighted by molar-refractivity contribution is 0.00794. The van der Waals surface area contributed by atoms with Crippen LogP contribution in [0.25, 0.3) is 22.3 Å². The predicted octanol–water partition coefficient (Wildman–Crippen LogP) is 3.78. The van der Waals surface area contributed by atoms with Crippen LogP contribution in [-0.2, 0) is 9.47 Å². The number of anilines is 1. The first-order valence-electron chi connectivity index (χ1n) is 11.3. The van der Waals surface area contributed by atoms with Crippen LogP contribution in [0, 0.1) is 0 Å². The fourth-order valence-corrected chi connectivity index (χ4v) is 5.22. The van der Waals surface area contributed by atoms with Gasteiger partial charge in [-0.25, -0.2) is 4.98 Å². The predicted molar refractivity (Wildman–Crippen MR) is 123 cm³/mol. The van der Waals surface area contributed by atoms with E-state index in [9.17, 15) is 5.11 Å². The van der Waals surface area contributed by atoms with Crippen molar-refractivity contribution in [2.45, 2.75) is 43.7 Å². The van der Waals surface area contributed by atoms with E-state index >= 15 is 0 Å². The molecule has 32 heavy (non-hydrogen) atoms. The van der Waals surface area contributed by atoms with Crippen LogP contribution in [0.5, 0.6) is 5.88 Å². The number of H-pyrrole nitrogens is 1. The minimum atomic E-state index is -0.597. The van der Waals surface area contributed by atoms with Crippen LogP contribution in [0.15, 0.2) is 36.4 Å². The van der Waals surface area contributed by atoms with E-state index in [1.165, 1.54) is 24.9 Å². The summed E-state index contributed by atoms with van der Waals surface area (Å²) in [5.74, 6) is 0.584. The van der Waals surface area contributed by atoms with Crippen molar-refractivity contribution < 1.29 is 19.3 Å². The normalized spacial score (nSPS) is 27.8. The van der Waals surface area contributed by atoms with Gasteiger partial charge in [0.1, 0.15) is 18.3 Å². The Morgan fingerprint density at radius 2 is 1.81 bits per heavy atom. The van der Waals surface area contributed by atoms with Crippen molar-refractivity contribution >= 4 is 28.3 Å². The fraction of sp³-hybridized carbons (Fsp3) is 0.458. The molecule has 168 valence electrons.